The molecule has 0 unspecified atom stereocenters. The third kappa shape index (κ3) is 4.31. The molecule has 0 bridgehead atoms. The van der Waals surface area contributed by atoms with Crippen molar-refractivity contribution in [3.05, 3.63) is 36.6 Å². The summed E-state index contributed by atoms with van der Waals surface area (Å²) in [7, 11) is 0. The van der Waals surface area contributed by atoms with Crippen molar-refractivity contribution in [3.63, 3.8) is 0 Å². The molecule has 11 heavy (non-hydrogen) atoms. The lowest BCUT2D eigenvalue weighted by Gasteiger charge is -1.84. The standard InChI is InChI=1S/C8H9N.C2H6/c1-2-8-6-4-3-5-7-9-8;1-2/h2-4,6-7H,1,5H2;1-2H3. The Bertz CT molecular complexity index is 185. The van der Waals surface area contributed by atoms with Gasteiger partial charge in [-0.25, -0.2) is 0 Å². The summed E-state index contributed by atoms with van der Waals surface area (Å²) in [5.74, 6) is 0. The molecule has 1 aliphatic rings. The molecule has 0 atom stereocenters. The Balaban J connectivity index is 0.000000461. The molecule has 1 rings (SSSR count). The highest BCUT2D eigenvalue weighted by Crippen LogP contribution is 2.00. The molecule has 60 valence electrons. The van der Waals surface area contributed by atoms with Gasteiger partial charge in [0.2, 0.25) is 0 Å². The van der Waals surface area contributed by atoms with Gasteiger partial charge in [-0.2, -0.15) is 0 Å². The second kappa shape index (κ2) is 7.00. The van der Waals surface area contributed by atoms with Crippen molar-refractivity contribution in [2.45, 2.75) is 20.3 Å². The summed E-state index contributed by atoms with van der Waals surface area (Å²) in [5.41, 5.74) is 0.934. The minimum Gasteiger partial charge on any atom is -0.261 e. The average molecular weight is 149 g/mol. The molecule has 1 heteroatoms. The molecule has 0 saturated heterocycles. The van der Waals surface area contributed by atoms with Crippen LogP contribution in [-0.4, -0.2) is 6.21 Å². The number of nitrogens with zero attached hydrogens (tertiary/aromatic N) is 1. The topological polar surface area (TPSA) is 12.4 Å². The quantitative estimate of drug-likeness (QED) is 0.543. The number of allylic oxidation sites excluding steroid dienone is 4. The number of hydrogen-bond donors (Lipinski definition) is 0. The van der Waals surface area contributed by atoms with Crippen molar-refractivity contribution >= 4 is 6.21 Å². The minimum absolute atomic E-state index is 0.924. The fraction of sp³-hybridized carbons (Fsp3) is 0.300. The summed E-state index contributed by atoms with van der Waals surface area (Å²) in [6.45, 7) is 7.61. The molecule has 0 spiro atoms. The third-order valence-corrected chi connectivity index (χ3v) is 1.09. The first-order chi connectivity index (χ1) is 5.43. The highest BCUT2D eigenvalue weighted by molar-refractivity contribution is 5.62. The van der Waals surface area contributed by atoms with Gasteiger partial charge in [-0.15, -0.1) is 0 Å². The van der Waals surface area contributed by atoms with E-state index in [1.807, 2.05) is 32.2 Å². The molecule has 1 aliphatic heterocycles. The van der Waals surface area contributed by atoms with Crippen molar-refractivity contribution in [1.29, 1.82) is 0 Å². The lowest BCUT2D eigenvalue weighted by Crippen LogP contribution is -1.69. The lowest BCUT2D eigenvalue weighted by molar-refractivity contribution is 1.41. The van der Waals surface area contributed by atoms with Gasteiger partial charge in [-0.05, 0) is 12.2 Å². The maximum atomic E-state index is 4.10. The molecule has 0 radical (unpaired) electrons. The highest BCUT2D eigenvalue weighted by Gasteiger charge is 1.84. The number of hydrogen-bond acceptors (Lipinski definition) is 1. The molecule has 1 heterocycles. The molecule has 0 fully saturated rings. The first kappa shape index (κ1) is 9.89. The van der Waals surface area contributed by atoms with Crippen molar-refractivity contribution in [3.8, 4) is 0 Å². The van der Waals surface area contributed by atoms with Gasteiger partial charge in [-0.1, -0.05) is 32.6 Å². The lowest BCUT2D eigenvalue weighted by atomic mass is 10.4. The fourth-order valence-electron chi connectivity index (χ4n) is 0.628. The molecule has 1 nitrogen and oxygen atoms in total. The zero-order valence-electron chi connectivity index (χ0n) is 7.25. The van der Waals surface area contributed by atoms with Gasteiger partial charge in [0.05, 0.1) is 5.70 Å². The van der Waals surface area contributed by atoms with E-state index in [1.54, 1.807) is 6.08 Å². The second-order valence-corrected chi connectivity index (χ2v) is 1.77. The van der Waals surface area contributed by atoms with E-state index >= 15 is 0 Å². The summed E-state index contributed by atoms with van der Waals surface area (Å²) >= 11 is 0. The van der Waals surface area contributed by atoms with E-state index in [0.29, 0.717) is 0 Å². The van der Waals surface area contributed by atoms with Crippen LogP contribution < -0.4 is 0 Å². The van der Waals surface area contributed by atoms with Crippen molar-refractivity contribution in [2.75, 3.05) is 0 Å². The van der Waals surface area contributed by atoms with Gasteiger partial charge < -0.3 is 0 Å². The summed E-state index contributed by atoms with van der Waals surface area (Å²) in [5, 5.41) is 0. The van der Waals surface area contributed by atoms with Crippen molar-refractivity contribution < 1.29 is 0 Å². The van der Waals surface area contributed by atoms with Crippen molar-refractivity contribution in [2.24, 2.45) is 4.99 Å². The van der Waals surface area contributed by atoms with Crippen LogP contribution >= 0.6 is 0 Å². The maximum Gasteiger partial charge on any atom is 0.0619 e. The zero-order chi connectivity index (χ0) is 8.53. The Kier molecular flexibility index (Phi) is 6.30. The molecule has 0 aromatic heterocycles. The first-order valence-electron chi connectivity index (χ1n) is 3.95. The van der Waals surface area contributed by atoms with E-state index in [-0.39, 0.29) is 0 Å². The summed E-state index contributed by atoms with van der Waals surface area (Å²) in [6, 6.07) is 0. The molecule has 0 aliphatic carbocycles. The van der Waals surface area contributed by atoms with Gasteiger partial charge in [0.25, 0.3) is 0 Å². The number of aliphatic imine (C=N–C) groups is 1. The zero-order valence-corrected chi connectivity index (χ0v) is 7.25. The smallest absolute Gasteiger partial charge is 0.0619 e. The van der Waals surface area contributed by atoms with Crippen LogP contribution in [0.5, 0.6) is 0 Å². The van der Waals surface area contributed by atoms with E-state index in [4.69, 9.17) is 0 Å². The number of rotatable bonds is 1. The van der Waals surface area contributed by atoms with Gasteiger partial charge in [0.15, 0.2) is 0 Å². The van der Waals surface area contributed by atoms with Gasteiger partial charge >= 0.3 is 0 Å². The first-order valence-corrected chi connectivity index (χ1v) is 3.95. The van der Waals surface area contributed by atoms with E-state index in [1.165, 1.54) is 0 Å². The van der Waals surface area contributed by atoms with Gasteiger partial charge in [-0.3, -0.25) is 4.99 Å². The van der Waals surface area contributed by atoms with E-state index in [2.05, 4.69) is 17.6 Å². The predicted octanol–water partition coefficient (Wildman–Crippen LogP) is 3.11. The molecular weight excluding hydrogens is 134 g/mol. The Labute approximate surface area is 68.9 Å². The van der Waals surface area contributed by atoms with E-state index in [9.17, 15) is 0 Å². The van der Waals surface area contributed by atoms with Crippen LogP contribution in [0, 0.1) is 0 Å². The summed E-state index contributed by atoms with van der Waals surface area (Å²) < 4.78 is 0. The van der Waals surface area contributed by atoms with E-state index < -0.39 is 0 Å². The molecule has 0 amide bonds. The molecule has 0 aromatic rings. The largest absolute Gasteiger partial charge is 0.261 e. The fourth-order valence-corrected chi connectivity index (χ4v) is 0.628. The SMILES string of the molecule is C=CC1=CC=CCC=N1.CC. The third-order valence-electron chi connectivity index (χ3n) is 1.09. The summed E-state index contributed by atoms with van der Waals surface area (Å²) in [4.78, 5) is 4.10. The predicted molar refractivity (Wildman–Crippen MR) is 51.9 cm³/mol. The normalized spacial score (nSPS) is 14.2. The molecule has 0 aromatic carbocycles. The highest BCUT2D eigenvalue weighted by atomic mass is 14.7. The van der Waals surface area contributed by atoms with Crippen LogP contribution in [0.3, 0.4) is 0 Å². The Morgan fingerprint density at radius 2 is 2.27 bits per heavy atom. The molecular formula is C10H15N. The van der Waals surface area contributed by atoms with Crippen LogP contribution in [-0.2, 0) is 0 Å². The second-order valence-electron chi connectivity index (χ2n) is 1.77. The van der Waals surface area contributed by atoms with Crippen LogP contribution in [0.4, 0.5) is 0 Å². The molecule has 0 saturated carbocycles. The van der Waals surface area contributed by atoms with Gasteiger partial charge in [0, 0.05) is 12.6 Å². The van der Waals surface area contributed by atoms with Crippen LogP contribution in [0.1, 0.15) is 20.3 Å². The minimum atomic E-state index is 0.924. The van der Waals surface area contributed by atoms with Crippen LogP contribution in [0.2, 0.25) is 0 Å². The van der Waals surface area contributed by atoms with Crippen molar-refractivity contribution in [1.82, 2.24) is 0 Å². The van der Waals surface area contributed by atoms with Gasteiger partial charge in [0.1, 0.15) is 0 Å². The van der Waals surface area contributed by atoms with E-state index in [0.717, 1.165) is 12.1 Å². The average Bonchev–Trinajstić information content (AvgIpc) is 2.35. The van der Waals surface area contributed by atoms with Crippen LogP contribution in [0.15, 0.2) is 41.6 Å². The summed E-state index contributed by atoms with van der Waals surface area (Å²) in [6.07, 6.45) is 10.5. The maximum absolute atomic E-state index is 4.10. The Hall–Kier alpha value is -1.11. The van der Waals surface area contributed by atoms with Crippen LogP contribution in [0.25, 0.3) is 0 Å². The Morgan fingerprint density at radius 3 is 2.91 bits per heavy atom. The Morgan fingerprint density at radius 1 is 1.55 bits per heavy atom. The monoisotopic (exact) mass is 149 g/mol. The molecule has 0 N–H and O–H groups in total.